The average Bonchev–Trinajstić information content (AvgIpc) is 2.17. The summed E-state index contributed by atoms with van der Waals surface area (Å²) >= 11 is 5.72. The standard InChI is InChI=1S/C8H3ClFN3O/c9-8-4-1-7(13-14)5(10)2-6(4)11-3-12-8/h1-3H. The zero-order valence-electron chi connectivity index (χ0n) is 6.74. The van der Waals surface area contributed by atoms with Gasteiger partial charge in [0.05, 0.1) is 5.52 Å². The van der Waals surface area contributed by atoms with E-state index in [-0.39, 0.29) is 10.8 Å². The Morgan fingerprint density at radius 1 is 1.36 bits per heavy atom. The van der Waals surface area contributed by atoms with E-state index in [9.17, 15) is 9.30 Å². The highest BCUT2D eigenvalue weighted by Gasteiger charge is 2.08. The number of hydrogen-bond donors (Lipinski definition) is 0. The summed E-state index contributed by atoms with van der Waals surface area (Å²) in [6.45, 7) is 0. The summed E-state index contributed by atoms with van der Waals surface area (Å²) in [4.78, 5) is 17.7. The molecule has 70 valence electrons. The summed E-state index contributed by atoms with van der Waals surface area (Å²) in [5.41, 5.74) is 0.0455. The topological polar surface area (TPSA) is 55.2 Å². The van der Waals surface area contributed by atoms with Crippen molar-refractivity contribution in [3.05, 3.63) is 34.3 Å². The van der Waals surface area contributed by atoms with Gasteiger partial charge in [0.15, 0.2) is 5.82 Å². The first-order valence-corrected chi connectivity index (χ1v) is 4.03. The molecule has 2 rings (SSSR count). The van der Waals surface area contributed by atoms with E-state index in [0.29, 0.717) is 10.9 Å². The molecule has 0 aliphatic rings. The van der Waals surface area contributed by atoms with Crippen LogP contribution in [0.4, 0.5) is 10.1 Å². The lowest BCUT2D eigenvalue weighted by Crippen LogP contribution is -1.85. The molecule has 0 aliphatic heterocycles. The van der Waals surface area contributed by atoms with Gasteiger partial charge in [-0.3, -0.25) is 0 Å². The quantitative estimate of drug-likeness (QED) is 0.538. The highest BCUT2D eigenvalue weighted by Crippen LogP contribution is 2.26. The van der Waals surface area contributed by atoms with Crippen molar-refractivity contribution in [3.8, 4) is 0 Å². The van der Waals surface area contributed by atoms with Crippen molar-refractivity contribution in [3.63, 3.8) is 0 Å². The Bertz CT molecular complexity index is 517. The number of aromatic nitrogens is 2. The molecule has 1 heterocycles. The van der Waals surface area contributed by atoms with Crippen LogP contribution in [0.1, 0.15) is 0 Å². The van der Waals surface area contributed by atoms with E-state index in [4.69, 9.17) is 11.6 Å². The molecular weight excluding hydrogens is 209 g/mol. The molecule has 0 N–H and O–H groups in total. The second kappa shape index (κ2) is 3.26. The van der Waals surface area contributed by atoms with E-state index in [1.165, 1.54) is 12.4 Å². The molecule has 1 aromatic heterocycles. The summed E-state index contributed by atoms with van der Waals surface area (Å²) in [6, 6.07) is 2.32. The predicted molar refractivity (Wildman–Crippen MR) is 50.0 cm³/mol. The first-order chi connectivity index (χ1) is 6.72. The third-order valence-corrected chi connectivity index (χ3v) is 2.05. The zero-order chi connectivity index (χ0) is 10.1. The third-order valence-electron chi connectivity index (χ3n) is 1.75. The van der Waals surface area contributed by atoms with Crippen LogP contribution in [0, 0.1) is 10.7 Å². The summed E-state index contributed by atoms with van der Waals surface area (Å²) in [5.74, 6) is -0.720. The van der Waals surface area contributed by atoms with E-state index >= 15 is 0 Å². The van der Waals surface area contributed by atoms with Crippen molar-refractivity contribution >= 4 is 28.2 Å². The van der Waals surface area contributed by atoms with Gasteiger partial charge in [0.25, 0.3) is 0 Å². The number of hydrogen-bond acceptors (Lipinski definition) is 4. The number of fused-ring (bicyclic) bond motifs is 1. The Morgan fingerprint density at radius 3 is 2.86 bits per heavy atom. The highest BCUT2D eigenvalue weighted by molar-refractivity contribution is 6.34. The lowest BCUT2D eigenvalue weighted by Gasteiger charge is -1.99. The molecule has 0 fully saturated rings. The van der Waals surface area contributed by atoms with Crippen LogP contribution < -0.4 is 0 Å². The van der Waals surface area contributed by atoms with Crippen molar-refractivity contribution in [2.24, 2.45) is 5.18 Å². The van der Waals surface area contributed by atoms with Gasteiger partial charge in [-0.25, -0.2) is 14.4 Å². The van der Waals surface area contributed by atoms with Crippen LogP contribution in [0.3, 0.4) is 0 Å². The minimum Gasteiger partial charge on any atom is -0.236 e. The van der Waals surface area contributed by atoms with Gasteiger partial charge in [-0.15, -0.1) is 4.91 Å². The van der Waals surface area contributed by atoms with Gasteiger partial charge in [-0.05, 0) is 11.2 Å². The zero-order valence-corrected chi connectivity index (χ0v) is 7.49. The normalized spacial score (nSPS) is 10.4. The average molecular weight is 212 g/mol. The Kier molecular flexibility index (Phi) is 2.09. The van der Waals surface area contributed by atoms with Crippen molar-refractivity contribution in [1.29, 1.82) is 0 Å². The van der Waals surface area contributed by atoms with Gasteiger partial charge in [0.2, 0.25) is 0 Å². The molecule has 14 heavy (non-hydrogen) atoms. The molecular formula is C8H3ClFN3O. The van der Waals surface area contributed by atoms with Crippen LogP contribution in [0.25, 0.3) is 10.9 Å². The number of rotatable bonds is 1. The van der Waals surface area contributed by atoms with E-state index in [0.717, 1.165) is 6.07 Å². The molecule has 0 saturated carbocycles. The number of nitrogens with zero attached hydrogens (tertiary/aromatic N) is 3. The highest BCUT2D eigenvalue weighted by atomic mass is 35.5. The Hall–Kier alpha value is -1.62. The van der Waals surface area contributed by atoms with Crippen molar-refractivity contribution in [2.75, 3.05) is 0 Å². The maximum Gasteiger partial charge on any atom is 0.154 e. The molecule has 0 spiro atoms. The van der Waals surface area contributed by atoms with Crippen LogP contribution in [0.15, 0.2) is 23.6 Å². The number of nitroso groups, excluding NO2 is 1. The summed E-state index contributed by atoms with van der Waals surface area (Å²) in [5, 5.41) is 3.10. The molecule has 1 aromatic carbocycles. The monoisotopic (exact) mass is 211 g/mol. The Morgan fingerprint density at radius 2 is 2.14 bits per heavy atom. The first kappa shape index (κ1) is 8.96. The van der Waals surface area contributed by atoms with E-state index < -0.39 is 5.82 Å². The maximum absolute atomic E-state index is 13.1. The molecule has 0 amide bonds. The second-order valence-electron chi connectivity index (χ2n) is 2.58. The molecule has 0 saturated heterocycles. The SMILES string of the molecule is O=Nc1cc2c(Cl)ncnc2cc1F. The van der Waals surface area contributed by atoms with Gasteiger partial charge in [-0.2, -0.15) is 0 Å². The summed E-state index contributed by atoms with van der Waals surface area (Å²) < 4.78 is 13.1. The molecule has 0 unspecified atom stereocenters. The fraction of sp³-hybridized carbons (Fsp3) is 0. The van der Waals surface area contributed by atoms with Gasteiger partial charge < -0.3 is 0 Å². The molecule has 4 nitrogen and oxygen atoms in total. The van der Waals surface area contributed by atoms with Crippen molar-refractivity contribution in [2.45, 2.75) is 0 Å². The lowest BCUT2D eigenvalue weighted by molar-refractivity contribution is 0.631. The number of halogens is 2. The second-order valence-corrected chi connectivity index (χ2v) is 2.93. The largest absolute Gasteiger partial charge is 0.236 e. The van der Waals surface area contributed by atoms with Gasteiger partial charge in [0.1, 0.15) is 17.2 Å². The Balaban J connectivity index is 2.86. The fourth-order valence-electron chi connectivity index (χ4n) is 1.10. The minimum absolute atomic E-state index is 0.167. The number of benzene rings is 1. The molecule has 0 bridgehead atoms. The van der Waals surface area contributed by atoms with Crippen LogP contribution in [0.5, 0.6) is 0 Å². The van der Waals surface area contributed by atoms with Gasteiger partial charge >= 0.3 is 0 Å². The molecule has 2 aromatic rings. The van der Waals surface area contributed by atoms with E-state index in [1.54, 1.807) is 0 Å². The molecule has 6 heteroatoms. The van der Waals surface area contributed by atoms with Gasteiger partial charge in [0, 0.05) is 11.5 Å². The smallest absolute Gasteiger partial charge is 0.154 e. The first-order valence-electron chi connectivity index (χ1n) is 3.65. The molecule has 0 aliphatic carbocycles. The van der Waals surface area contributed by atoms with E-state index in [2.05, 4.69) is 15.1 Å². The lowest BCUT2D eigenvalue weighted by atomic mass is 10.2. The molecule has 0 radical (unpaired) electrons. The van der Waals surface area contributed by atoms with Crippen LogP contribution in [0.2, 0.25) is 5.15 Å². The van der Waals surface area contributed by atoms with Crippen LogP contribution in [-0.4, -0.2) is 9.97 Å². The van der Waals surface area contributed by atoms with E-state index in [1.807, 2.05) is 0 Å². The fourth-order valence-corrected chi connectivity index (χ4v) is 1.30. The summed E-state index contributed by atoms with van der Waals surface area (Å²) in [6.07, 6.45) is 1.22. The van der Waals surface area contributed by atoms with Gasteiger partial charge in [-0.1, -0.05) is 11.6 Å². The van der Waals surface area contributed by atoms with Crippen LogP contribution >= 0.6 is 11.6 Å². The Labute approximate surface area is 82.7 Å². The van der Waals surface area contributed by atoms with Crippen LogP contribution in [-0.2, 0) is 0 Å². The van der Waals surface area contributed by atoms with Crippen molar-refractivity contribution < 1.29 is 4.39 Å². The van der Waals surface area contributed by atoms with Crippen molar-refractivity contribution in [1.82, 2.24) is 9.97 Å². The maximum atomic E-state index is 13.1. The summed E-state index contributed by atoms with van der Waals surface area (Å²) in [7, 11) is 0. The minimum atomic E-state index is -0.720. The third kappa shape index (κ3) is 1.31. The predicted octanol–water partition coefficient (Wildman–Crippen LogP) is 2.82. The molecule has 0 atom stereocenters.